The van der Waals surface area contributed by atoms with Gasteiger partial charge in [-0.05, 0) is 38.8 Å². The van der Waals surface area contributed by atoms with E-state index in [0.29, 0.717) is 0 Å². The molecule has 0 saturated carbocycles. The van der Waals surface area contributed by atoms with Crippen LogP contribution in [0.15, 0.2) is 0 Å². The molecule has 1 rings (SSSR count). The molecule has 1 aliphatic heterocycles. The molecule has 0 aromatic rings. The van der Waals surface area contributed by atoms with Crippen LogP contribution in [0.1, 0.15) is 19.3 Å². The predicted molar refractivity (Wildman–Crippen MR) is 43.1 cm³/mol. The molecule has 0 aliphatic carbocycles. The summed E-state index contributed by atoms with van der Waals surface area (Å²) in [4.78, 5) is 2.41. The van der Waals surface area contributed by atoms with E-state index < -0.39 is 0 Å². The average Bonchev–Trinajstić information content (AvgIpc) is 2.03. The molecule has 1 radical (unpaired) electrons. The van der Waals surface area contributed by atoms with Crippen LogP contribution in [0, 0.1) is 0 Å². The Hall–Kier alpha value is -0.0151. The molecule has 0 aromatic heterocycles. The Morgan fingerprint density at radius 2 is 1.90 bits per heavy atom. The molecule has 0 spiro atoms. The minimum atomic E-state index is 0.819. The van der Waals surface area contributed by atoms with Crippen LogP contribution in [-0.2, 0) is 0 Å². The highest BCUT2D eigenvalue weighted by Crippen LogP contribution is 2.08. The van der Waals surface area contributed by atoms with Crippen LogP contribution in [0.2, 0.25) is 6.32 Å². The van der Waals surface area contributed by atoms with Gasteiger partial charge in [-0.2, -0.15) is 0 Å². The Bertz CT molecular complexity index is 83.7. The Morgan fingerprint density at radius 3 is 2.50 bits per heavy atom. The fourth-order valence-corrected chi connectivity index (χ4v) is 1.42. The summed E-state index contributed by atoms with van der Waals surface area (Å²) >= 11 is 0. The third kappa shape index (κ3) is 2.71. The number of rotatable bonds is 3. The molecule has 1 N–H and O–H groups in total. The normalized spacial score (nSPS) is 20.9. The monoisotopic (exact) mass is 140 g/mol. The van der Waals surface area contributed by atoms with Crippen LogP contribution in [0.3, 0.4) is 0 Å². The van der Waals surface area contributed by atoms with Crippen molar-refractivity contribution < 1.29 is 5.02 Å². The van der Waals surface area contributed by atoms with Gasteiger partial charge < -0.3 is 9.92 Å². The van der Waals surface area contributed by atoms with Gasteiger partial charge in [-0.15, -0.1) is 0 Å². The zero-order valence-corrected chi connectivity index (χ0v) is 6.42. The largest absolute Gasteiger partial charge is 0.454 e. The van der Waals surface area contributed by atoms with Crippen LogP contribution in [0.25, 0.3) is 0 Å². The third-order valence-corrected chi connectivity index (χ3v) is 2.02. The van der Waals surface area contributed by atoms with Crippen molar-refractivity contribution in [3.05, 3.63) is 0 Å². The second-order valence-corrected chi connectivity index (χ2v) is 2.87. The Balaban J connectivity index is 2.02. The molecule has 0 atom stereocenters. The molecule has 2 nitrogen and oxygen atoms in total. The molecule has 10 heavy (non-hydrogen) atoms. The molecule has 1 saturated heterocycles. The smallest absolute Gasteiger partial charge is 0.288 e. The molecule has 0 bridgehead atoms. The van der Waals surface area contributed by atoms with E-state index in [9.17, 15) is 0 Å². The van der Waals surface area contributed by atoms with Gasteiger partial charge in [0, 0.05) is 0 Å². The molecular weight excluding hydrogens is 125 g/mol. The summed E-state index contributed by atoms with van der Waals surface area (Å²) < 4.78 is 0. The maximum Gasteiger partial charge on any atom is 0.288 e. The van der Waals surface area contributed by atoms with E-state index in [4.69, 9.17) is 5.02 Å². The number of hydrogen-bond acceptors (Lipinski definition) is 2. The fraction of sp³-hybridized carbons (Fsp3) is 1.00. The summed E-state index contributed by atoms with van der Waals surface area (Å²) in [7, 11) is 1.26. The van der Waals surface area contributed by atoms with Crippen molar-refractivity contribution in [3.63, 3.8) is 0 Å². The molecule has 3 heteroatoms. The molecule has 1 aliphatic rings. The van der Waals surface area contributed by atoms with Crippen LogP contribution >= 0.6 is 0 Å². The SMILES string of the molecule is O[B]CCN1CCCCC1. The number of nitrogens with zero attached hydrogens (tertiary/aromatic N) is 1. The van der Waals surface area contributed by atoms with E-state index in [2.05, 4.69) is 4.90 Å². The van der Waals surface area contributed by atoms with Crippen LogP contribution in [-0.4, -0.2) is 37.0 Å². The van der Waals surface area contributed by atoms with Gasteiger partial charge in [0.1, 0.15) is 0 Å². The van der Waals surface area contributed by atoms with E-state index in [0.717, 1.165) is 12.9 Å². The van der Waals surface area contributed by atoms with Crippen molar-refractivity contribution in [1.82, 2.24) is 4.90 Å². The number of piperidine rings is 1. The Labute approximate surface area is 63.5 Å². The summed E-state index contributed by atoms with van der Waals surface area (Å²) in [6.07, 6.45) is 4.89. The first kappa shape index (κ1) is 8.09. The van der Waals surface area contributed by atoms with Crippen molar-refractivity contribution in [1.29, 1.82) is 0 Å². The van der Waals surface area contributed by atoms with E-state index in [1.807, 2.05) is 0 Å². The molecule has 0 unspecified atom stereocenters. The highest BCUT2D eigenvalue weighted by atomic mass is 16.2. The Morgan fingerprint density at radius 1 is 1.20 bits per heavy atom. The summed E-state index contributed by atoms with van der Waals surface area (Å²) in [5.74, 6) is 0. The standard InChI is InChI=1S/C7H15BNO/c10-8-4-7-9-5-2-1-3-6-9/h10H,1-7H2. The van der Waals surface area contributed by atoms with Gasteiger partial charge in [-0.25, -0.2) is 0 Å². The van der Waals surface area contributed by atoms with Gasteiger partial charge in [-0.1, -0.05) is 6.42 Å². The highest BCUT2D eigenvalue weighted by Gasteiger charge is 2.08. The van der Waals surface area contributed by atoms with Crippen molar-refractivity contribution in [2.24, 2.45) is 0 Å². The van der Waals surface area contributed by atoms with E-state index in [1.165, 1.54) is 39.8 Å². The van der Waals surface area contributed by atoms with Gasteiger partial charge in [0.25, 0.3) is 7.48 Å². The van der Waals surface area contributed by atoms with Crippen molar-refractivity contribution >= 4 is 7.48 Å². The van der Waals surface area contributed by atoms with Crippen molar-refractivity contribution in [2.45, 2.75) is 25.6 Å². The molecular formula is C7H15BNO. The second-order valence-electron chi connectivity index (χ2n) is 2.87. The quantitative estimate of drug-likeness (QED) is 0.577. The lowest BCUT2D eigenvalue weighted by atomic mass is 9.95. The molecule has 0 amide bonds. The average molecular weight is 140 g/mol. The topological polar surface area (TPSA) is 23.5 Å². The van der Waals surface area contributed by atoms with Crippen molar-refractivity contribution in [2.75, 3.05) is 19.6 Å². The summed E-state index contributed by atoms with van der Waals surface area (Å²) in [6, 6.07) is 0. The van der Waals surface area contributed by atoms with Gasteiger partial charge >= 0.3 is 0 Å². The van der Waals surface area contributed by atoms with E-state index in [1.54, 1.807) is 0 Å². The van der Waals surface area contributed by atoms with E-state index >= 15 is 0 Å². The minimum Gasteiger partial charge on any atom is -0.454 e. The fourth-order valence-electron chi connectivity index (χ4n) is 1.42. The summed E-state index contributed by atoms with van der Waals surface area (Å²) in [5, 5.41) is 8.45. The first-order valence-corrected chi connectivity index (χ1v) is 4.12. The third-order valence-electron chi connectivity index (χ3n) is 2.02. The van der Waals surface area contributed by atoms with Crippen LogP contribution in [0.5, 0.6) is 0 Å². The first-order chi connectivity index (χ1) is 4.93. The zero-order chi connectivity index (χ0) is 7.23. The Kier molecular flexibility index (Phi) is 3.84. The molecule has 57 valence electrons. The lowest BCUT2D eigenvalue weighted by Crippen LogP contribution is -2.30. The minimum absolute atomic E-state index is 0.819. The molecule has 1 fully saturated rings. The predicted octanol–water partition coefficient (Wildman–Crippen LogP) is 0.502. The van der Waals surface area contributed by atoms with Gasteiger partial charge in [0.2, 0.25) is 0 Å². The van der Waals surface area contributed by atoms with Gasteiger partial charge in [-0.3, -0.25) is 0 Å². The highest BCUT2D eigenvalue weighted by molar-refractivity contribution is 6.25. The van der Waals surface area contributed by atoms with Crippen molar-refractivity contribution in [3.8, 4) is 0 Å². The van der Waals surface area contributed by atoms with Crippen LogP contribution in [0.4, 0.5) is 0 Å². The van der Waals surface area contributed by atoms with E-state index in [-0.39, 0.29) is 0 Å². The lowest BCUT2D eigenvalue weighted by molar-refractivity contribution is 0.239. The molecule has 0 aromatic carbocycles. The summed E-state index contributed by atoms with van der Waals surface area (Å²) in [5.41, 5.74) is 0. The number of hydrogen-bond donors (Lipinski definition) is 1. The van der Waals surface area contributed by atoms with Gasteiger partial charge in [0.15, 0.2) is 0 Å². The first-order valence-electron chi connectivity index (χ1n) is 4.12. The second kappa shape index (κ2) is 4.75. The number of likely N-dealkylation sites (tertiary alicyclic amines) is 1. The maximum atomic E-state index is 8.45. The zero-order valence-electron chi connectivity index (χ0n) is 6.42. The maximum absolute atomic E-state index is 8.45. The van der Waals surface area contributed by atoms with Gasteiger partial charge in [0.05, 0.1) is 0 Å². The lowest BCUT2D eigenvalue weighted by Gasteiger charge is -2.25. The summed E-state index contributed by atoms with van der Waals surface area (Å²) in [6.45, 7) is 3.50. The molecule has 1 heterocycles. The van der Waals surface area contributed by atoms with Crippen LogP contribution < -0.4 is 0 Å².